The molecule has 6 nitrogen and oxygen atoms in total. The fraction of sp³-hybridized carbons (Fsp3) is 1.00. The van der Waals surface area contributed by atoms with Crippen LogP contribution in [0, 0.1) is 0 Å². The first-order valence-electron chi connectivity index (χ1n) is 13.2. The van der Waals surface area contributed by atoms with Crippen LogP contribution in [0.2, 0.25) is 0 Å². The van der Waals surface area contributed by atoms with Crippen LogP contribution >= 0.6 is 0 Å². The molecule has 1 atom stereocenters. The third kappa shape index (κ3) is 19.6. The fourth-order valence-corrected chi connectivity index (χ4v) is 5.02. The largest absolute Gasteiger partial charge is 1.00 e. The SMILES string of the molecule is CCCCCCCCCCCCCCCCC(CC(OCC)(OCC)OCC)S(=O)(=O)[O-].[Na+]. The van der Waals surface area contributed by atoms with Gasteiger partial charge in [-0.1, -0.05) is 96.8 Å². The molecular formula is C25H51NaO6S. The molecule has 33 heavy (non-hydrogen) atoms. The Bertz CT molecular complexity index is 498. The van der Waals surface area contributed by atoms with E-state index in [0.29, 0.717) is 32.7 Å². The van der Waals surface area contributed by atoms with Crippen LogP contribution in [0.3, 0.4) is 0 Å². The Balaban J connectivity index is 0. The predicted octanol–water partition coefficient (Wildman–Crippen LogP) is 3.93. The number of ether oxygens (including phenoxy) is 3. The molecule has 0 aliphatic heterocycles. The zero-order chi connectivity index (χ0) is 24.1. The van der Waals surface area contributed by atoms with Crippen molar-refractivity contribution in [2.45, 2.75) is 142 Å². The zero-order valence-corrected chi connectivity index (χ0v) is 25.2. The molecule has 8 heteroatoms. The molecule has 0 heterocycles. The van der Waals surface area contributed by atoms with Crippen LogP contribution in [-0.4, -0.2) is 44.0 Å². The number of unbranched alkanes of at least 4 members (excludes halogenated alkanes) is 13. The van der Waals surface area contributed by atoms with Crippen molar-refractivity contribution >= 4 is 10.1 Å². The average Bonchev–Trinajstić information content (AvgIpc) is 2.73. The summed E-state index contributed by atoms with van der Waals surface area (Å²) in [7, 11) is -4.46. The second-order valence-electron chi connectivity index (χ2n) is 8.69. The molecule has 0 saturated heterocycles. The van der Waals surface area contributed by atoms with Gasteiger partial charge in [-0.2, -0.15) is 0 Å². The Morgan fingerprint density at radius 1 is 0.636 bits per heavy atom. The Kier molecular flexibility index (Phi) is 25.3. The van der Waals surface area contributed by atoms with Gasteiger partial charge in [0.1, 0.15) is 0 Å². The maximum Gasteiger partial charge on any atom is 1.00 e. The molecule has 0 aromatic carbocycles. The molecule has 0 fully saturated rings. The first-order chi connectivity index (χ1) is 15.3. The minimum absolute atomic E-state index is 0. The van der Waals surface area contributed by atoms with Crippen molar-refractivity contribution in [1.82, 2.24) is 0 Å². The Morgan fingerprint density at radius 2 is 0.970 bits per heavy atom. The Morgan fingerprint density at radius 3 is 1.27 bits per heavy atom. The first kappa shape index (κ1) is 35.9. The van der Waals surface area contributed by atoms with E-state index >= 15 is 0 Å². The predicted molar refractivity (Wildman–Crippen MR) is 131 cm³/mol. The van der Waals surface area contributed by atoms with Crippen molar-refractivity contribution in [2.75, 3.05) is 19.8 Å². The standard InChI is InChI=1S/C25H52O6S.Na/c1-5-9-10-11-12-13-14-15-16-17-18-19-20-21-22-24(32(26,27)28)23-25(29-6-2,30-7-3)31-8-4;/h24H,5-23H2,1-4H3,(H,26,27,28);/q;+1/p-1. The van der Waals surface area contributed by atoms with E-state index in [1.165, 1.54) is 70.6 Å². The molecule has 0 bridgehead atoms. The Hall–Kier alpha value is 0.790. The van der Waals surface area contributed by atoms with Gasteiger partial charge in [-0.3, -0.25) is 0 Å². The van der Waals surface area contributed by atoms with Crippen molar-refractivity contribution in [2.24, 2.45) is 0 Å². The van der Waals surface area contributed by atoms with Crippen LogP contribution in [0.15, 0.2) is 0 Å². The van der Waals surface area contributed by atoms with Crippen molar-refractivity contribution in [3.63, 3.8) is 0 Å². The average molecular weight is 503 g/mol. The van der Waals surface area contributed by atoms with Gasteiger partial charge in [-0.15, -0.1) is 0 Å². The van der Waals surface area contributed by atoms with E-state index in [-0.39, 0.29) is 36.0 Å². The summed E-state index contributed by atoms with van der Waals surface area (Å²) >= 11 is 0. The van der Waals surface area contributed by atoms with E-state index in [1.807, 2.05) is 0 Å². The van der Waals surface area contributed by atoms with Gasteiger partial charge in [0.15, 0.2) is 0 Å². The maximum atomic E-state index is 11.9. The van der Waals surface area contributed by atoms with E-state index in [1.54, 1.807) is 20.8 Å². The minimum Gasteiger partial charge on any atom is -0.748 e. The number of rotatable bonds is 24. The molecular weight excluding hydrogens is 451 g/mol. The zero-order valence-electron chi connectivity index (χ0n) is 22.4. The topological polar surface area (TPSA) is 84.9 Å². The van der Waals surface area contributed by atoms with E-state index in [4.69, 9.17) is 14.2 Å². The summed E-state index contributed by atoms with van der Waals surface area (Å²) in [4.78, 5) is 0. The quantitative estimate of drug-likeness (QED) is 0.0861. The van der Waals surface area contributed by atoms with Crippen LogP contribution in [-0.2, 0) is 24.3 Å². The van der Waals surface area contributed by atoms with Crippen molar-refractivity contribution < 1.29 is 56.7 Å². The minimum atomic E-state index is -4.46. The summed E-state index contributed by atoms with van der Waals surface area (Å²) in [5.41, 5.74) is 0. The third-order valence-corrected chi connectivity index (χ3v) is 7.08. The van der Waals surface area contributed by atoms with E-state index in [0.717, 1.165) is 12.8 Å². The van der Waals surface area contributed by atoms with Gasteiger partial charge in [0.25, 0.3) is 5.97 Å². The smallest absolute Gasteiger partial charge is 0.748 e. The summed E-state index contributed by atoms with van der Waals surface area (Å²) in [5.74, 6) is -1.46. The summed E-state index contributed by atoms with van der Waals surface area (Å²) < 4.78 is 52.4. The monoisotopic (exact) mass is 502 g/mol. The molecule has 1 unspecified atom stereocenters. The van der Waals surface area contributed by atoms with Crippen molar-refractivity contribution in [1.29, 1.82) is 0 Å². The summed E-state index contributed by atoms with van der Waals surface area (Å²) in [5, 5.41) is -1.07. The number of hydrogen-bond acceptors (Lipinski definition) is 6. The second kappa shape index (κ2) is 23.2. The van der Waals surface area contributed by atoms with Crippen LogP contribution in [0.4, 0.5) is 0 Å². The van der Waals surface area contributed by atoms with Gasteiger partial charge in [-0.05, 0) is 27.2 Å². The molecule has 0 amide bonds. The van der Waals surface area contributed by atoms with Crippen molar-refractivity contribution in [3.05, 3.63) is 0 Å². The molecule has 0 spiro atoms. The second-order valence-corrected chi connectivity index (χ2v) is 10.3. The molecule has 0 aliphatic rings. The van der Waals surface area contributed by atoms with Gasteiger partial charge in [0.05, 0.1) is 15.4 Å². The molecule has 0 aromatic heterocycles. The Labute approximate surface area is 227 Å². The van der Waals surface area contributed by atoms with Gasteiger partial charge < -0.3 is 18.8 Å². The summed E-state index contributed by atoms with van der Waals surface area (Å²) in [6, 6.07) is 0. The molecule has 0 saturated carbocycles. The van der Waals surface area contributed by atoms with Gasteiger partial charge in [0.2, 0.25) is 0 Å². The molecule has 0 N–H and O–H groups in total. The van der Waals surface area contributed by atoms with Crippen LogP contribution in [0.1, 0.15) is 130 Å². The van der Waals surface area contributed by atoms with E-state index in [2.05, 4.69) is 6.92 Å². The molecule has 0 aromatic rings. The van der Waals surface area contributed by atoms with Crippen molar-refractivity contribution in [3.8, 4) is 0 Å². The van der Waals surface area contributed by atoms with E-state index < -0.39 is 21.3 Å². The first-order valence-corrected chi connectivity index (χ1v) is 14.7. The summed E-state index contributed by atoms with van der Waals surface area (Å²) in [6.07, 6.45) is 17.5. The molecule has 194 valence electrons. The normalized spacial score (nSPS) is 13.1. The van der Waals surface area contributed by atoms with E-state index in [9.17, 15) is 13.0 Å². The molecule has 0 rings (SSSR count). The van der Waals surface area contributed by atoms with Gasteiger partial charge in [0, 0.05) is 26.2 Å². The van der Waals surface area contributed by atoms with Crippen LogP contribution in [0.25, 0.3) is 0 Å². The molecule has 0 aliphatic carbocycles. The van der Waals surface area contributed by atoms with Gasteiger partial charge >= 0.3 is 29.6 Å². The van der Waals surface area contributed by atoms with Crippen LogP contribution in [0.5, 0.6) is 0 Å². The maximum absolute atomic E-state index is 11.9. The number of hydrogen-bond donors (Lipinski definition) is 0. The third-order valence-electron chi connectivity index (χ3n) is 5.86. The fourth-order valence-electron chi connectivity index (χ4n) is 4.16. The van der Waals surface area contributed by atoms with Crippen LogP contribution < -0.4 is 29.6 Å². The molecule has 0 radical (unpaired) electrons. The summed E-state index contributed by atoms with van der Waals surface area (Å²) in [6.45, 7) is 8.56. The van der Waals surface area contributed by atoms with Gasteiger partial charge in [-0.25, -0.2) is 8.42 Å².